The van der Waals surface area contributed by atoms with Gasteiger partial charge in [0.2, 0.25) is 0 Å². The van der Waals surface area contributed by atoms with Crippen molar-refractivity contribution >= 4 is 23.9 Å². The van der Waals surface area contributed by atoms with Gasteiger partial charge in [-0.25, -0.2) is 0 Å². The van der Waals surface area contributed by atoms with Crippen molar-refractivity contribution < 1.29 is 53.8 Å². The van der Waals surface area contributed by atoms with Crippen molar-refractivity contribution in [2.24, 2.45) is 0 Å². The van der Waals surface area contributed by atoms with E-state index >= 15 is 0 Å². The van der Waals surface area contributed by atoms with Gasteiger partial charge in [-0.05, 0) is 38.5 Å². The lowest BCUT2D eigenvalue weighted by Gasteiger charge is -2.25. The molecule has 11 nitrogen and oxygen atoms in total. The van der Waals surface area contributed by atoms with Crippen LogP contribution in [0.2, 0.25) is 0 Å². The van der Waals surface area contributed by atoms with Gasteiger partial charge in [-0.15, -0.1) is 0 Å². The van der Waals surface area contributed by atoms with E-state index in [2.05, 4.69) is 6.92 Å². The summed E-state index contributed by atoms with van der Waals surface area (Å²) in [6.45, 7) is 7.33. The number of ether oxygens (including phenoxy) is 3. The van der Waals surface area contributed by atoms with Crippen LogP contribution in [0.3, 0.4) is 0 Å². The number of hydrogen-bond donors (Lipinski definition) is 4. The summed E-state index contributed by atoms with van der Waals surface area (Å²) in [6, 6.07) is 0. The standard InChI is InChI=1S/C32H58O11/c1-5-8-11-14-24(34)17-25(35)20-31(39)43-28(16-13-10-7-3)21-29(41-23(4)33)22-32(40)42-27(15-12-9-6-2)18-26(36)19-30(37)38/h24-29,34-36H,5-22H2,1-4H3,(H,37,38). The molecule has 0 aliphatic heterocycles. The molecule has 0 aromatic carbocycles. The van der Waals surface area contributed by atoms with Gasteiger partial charge in [-0.2, -0.15) is 0 Å². The van der Waals surface area contributed by atoms with Crippen LogP contribution in [0.15, 0.2) is 0 Å². The van der Waals surface area contributed by atoms with Crippen molar-refractivity contribution in [3.05, 3.63) is 0 Å². The molecular weight excluding hydrogens is 560 g/mol. The Labute approximate surface area is 257 Å². The zero-order valence-corrected chi connectivity index (χ0v) is 26.8. The number of aliphatic carboxylic acids is 1. The van der Waals surface area contributed by atoms with Crippen LogP contribution >= 0.6 is 0 Å². The number of carbonyl (C=O) groups is 4. The van der Waals surface area contributed by atoms with Gasteiger partial charge in [0.15, 0.2) is 0 Å². The number of carboxylic acids is 1. The molecular formula is C32H58O11. The third-order valence-electron chi connectivity index (χ3n) is 7.14. The number of aliphatic hydroxyl groups excluding tert-OH is 3. The lowest BCUT2D eigenvalue weighted by Crippen LogP contribution is -2.32. The number of carbonyl (C=O) groups excluding carboxylic acids is 3. The second-order valence-corrected chi connectivity index (χ2v) is 11.6. The fourth-order valence-corrected chi connectivity index (χ4v) is 4.97. The Morgan fingerprint density at radius 1 is 0.535 bits per heavy atom. The molecule has 11 heteroatoms. The molecule has 0 spiro atoms. The highest BCUT2D eigenvalue weighted by Gasteiger charge is 2.28. The molecule has 0 aliphatic rings. The smallest absolute Gasteiger partial charge is 0.309 e. The topological polar surface area (TPSA) is 177 Å². The third kappa shape index (κ3) is 23.8. The van der Waals surface area contributed by atoms with Crippen LogP contribution in [0.4, 0.5) is 0 Å². The van der Waals surface area contributed by atoms with E-state index in [1.807, 2.05) is 13.8 Å². The number of unbranched alkanes of at least 4 members (excludes halogenated alkanes) is 6. The minimum absolute atomic E-state index is 0.0210. The second kappa shape index (κ2) is 25.1. The summed E-state index contributed by atoms with van der Waals surface area (Å²) in [7, 11) is 0. The molecule has 0 aromatic heterocycles. The van der Waals surface area contributed by atoms with Gasteiger partial charge < -0.3 is 34.6 Å². The molecule has 0 saturated carbocycles. The lowest BCUT2D eigenvalue weighted by molar-refractivity contribution is -0.161. The highest BCUT2D eigenvalue weighted by atomic mass is 16.6. The molecule has 0 bridgehead atoms. The van der Waals surface area contributed by atoms with Crippen molar-refractivity contribution in [2.45, 2.75) is 180 Å². The fraction of sp³-hybridized carbons (Fsp3) is 0.875. The first-order valence-corrected chi connectivity index (χ1v) is 16.2. The van der Waals surface area contributed by atoms with E-state index in [0.717, 1.165) is 57.8 Å². The molecule has 4 N–H and O–H groups in total. The Kier molecular flexibility index (Phi) is 23.8. The average Bonchev–Trinajstić information content (AvgIpc) is 2.87. The van der Waals surface area contributed by atoms with Gasteiger partial charge in [0.1, 0.15) is 18.3 Å². The van der Waals surface area contributed by atoms with Crippen molar-refractivity contribution in [1.82, 2.24) is 0 Å². The Bertz CT molecular complexity index is 772. The van der Waals surface area contributed by atoms with Crippen LogP contribution in [0.25, 0.3) is 0 Å². The molecule has 6 atom stereocenters. The zero-order valence-electron chi connectivity index (χ0n) is 26.8. The molecule has 43 heavy (non-hydrogen) atoms. The van der Waals surface area contributed by atoms with Crippen LogP contribution in [-0.4, -0.2) is 80.9 Å². The third-order valence-corrected chi connectivity index (χ3v) is 7.14. The normalized spacial score (nSPS) is 15.5. The Morgan fingerprint density at radius 3 is 1.49 bits per heavy atom. The number of hydrogen-bond acceptors (Lipinski definition) is 10. The van der Waals surface area contributed by atoms with Crippen LogP contribution in [0.1, 0.15) is 143 Å². The first kappa shape index (κ1) is 40.8. The van der Waals surface area contributed by atoms with Crippen LogP contribution in [-0.2, 0) is 33.4 Å². The van der Waals surface area contributed by atoms with E-state index in [0.29, 0.717) is 19.3 Å². The molecule has 0 amide bonds. The quantitative estimate of drug-likeness (QED) is 0.0554. The second-order valence-electron chi connectivity index (χ2n) is 11.6. The highest BCUT2D eigenvalue weighted by molar-refractivity contribution is 5.72. The molecule has 0 saturated heterocycles. The van der Waals surface area contributed by atoms with Crippen LogP contribution in [0.5, 0.6) is 0 Å². The van der Waals surface area contributed by atoms with Gasteiger partial charge in [-0.3, -0.25) is 19.2 Å². The van der Waals surface area contributed by atoms with E-state index in [-0.39, 0.29) is 32.1 Å². The predicted octanol–water partition coefficient (Wildman–Crippen LogP) is 4.99. The summed E-state index contributed by atoms with van der Waals surface area (Å²) in [5.74, 6) is -3.07. The van der Waals surface area contributed by atoms with E-state index in [1.54, 1.807) is 0 Å². The Hall–Kier alpha value is -2.24. The summed E-state index contributed by atoms with van der Waals surface area (Å²) in [5.41, 5.74) is 0. The monoisotopic (exact) mass is 618 g/mol. The van der Waals surface area contributed by atoms with Gasteiger partial charge in [0.25, 0.3) is 0 Å². The SMILES string of the molecule is CCCCCC(O)CC(O)CC(=O)OC(CCCCC)CC(CC(=O)OC(CCCCC)CC(O)CC(=O)O)OC(C)=O. The van der Waals surface area contributed by atoms with E-state index in [9.17, 15) is 34.5 Å². The summed E-state index contributed by atoms with van der Waals surface area (Å²) >= 11 is 0. The largest absolute Gasteiger partial charge is 0.481 e. The predicted molar refractivity (Wildman–Crippen MR) is 161 cm³/mol. The maximum Gasteiger partial charge on any atom is 0.309 e. The fourth-order valence-electron chi connectivity index (χ4n) is 4.97. The lowest BCUT2D eigenvalue weighted by atomic mass is 10.0. The maximum absolute atomic E-state index is 12.9. The van der Waals surface area contributed by atoms with Crippen molar-refractivity contribution in [3.63, 3.8) is 0 Å². The number of rotatable bonds is 27. The van der Waals surface area contributed by atoms with Gasteiger partial charge >= 0.3 is 23.9 Å². The average molecular weight is 619 g/mol. The molecule has 0 aromatic rings. The van der Waals surface area contributed by atoms with Crippen LogP contribution in [0, 0.1) is 0 Å². The minimum atomic E-state index is -1.17. The Morgan fingerprint density at radius 2 is 1.00 bits per heavy atom. The van der Waals surface area contributed by atoms with E-state index in [1.165, 1.54) is 6.92 Å². The molecule has 0 radical (unpaired) electrons. The summed E-state index contributed by atoms with van der Waals surface area (Å²) in [6.07, 6.45) is 3.28. The van der Waals surface area contributed by atoms with Crippen molar-refractivity contribution in [2.75, 3.05) is 0 Å². The summed E-state index contributed by atoms with van der Waals surface area (Å²) < 4.78 is 16.7. The van der Waals surface area contributed by atoms with Gasteiger partial charge in [-0.1, -0.05) is 65.7 Å². The highest BCUT2D eigenvalue weighted by Crippen LogP contribution is 2.21. The first-order valence-electron chi connectivity index (χ1n) is 16.2. The summed E-state index contributed by atoms with van der Waals surface area (Å²) in [4.78, 5) is 48.4. The number of aliphatic hydroxyl groups is 3. The zero-order chi connectivity index (χ0) is 32.6. The maximum atomic E-state index is 12.9. The molecule has 0 fully saturated rings. The van der Waals surface area contributed by atoms with Crippen molar-refractivity contribution in [1.29, 1.82) is 0 Å². The van der Waals surface area contributed by atoms with Crippen molar-refractivity contribution in [3.8, 4) is 0 Å². The molecule has 0 aliphatic carbocycles. The van der Waals surface area contributed by atoms with Gasteiger partial charge in [0.05, 0.1) is 37.6 Å². The van der Waals surface area contributed by atoms with E-state index in [4.69, 9.17) is 19.3 Å². The molecule has 0 rings (SSSR count). The minimum Gasteiger partial charge on any atom is -0.481 e. The molecule has 6 unspecified atom stereocenters. The molecule has 0 heterocycles. The van der Waals surface area contributed by atoms with E-state index < -0.39 is 66.9 Å². The first-order chi connectivity index (χ1) is 20.4. The Balaban J connectivity index is 5.34. The van der Waals surface area contributed by atoms with Crippen LogP contribution < -0.4 is 0 Å². The summed E-state index contributed by atoms with van der Waals surface area (Å²) in [5, 5.41) is 39.5. The molecule has 252 valence electrons. The van der Waals surface area contributed by atoms with Gasteiger partial charge in [0, 0.05) is 19.8 Å². The number of carboxylic acid groups (broad SMARTS) is 1. The number of esters is 3.